The summed E-state index contributed by atoms with van der Waals surface area (Å²) >= 11 is 1.63. The SMILES string of the molecule is O=[N+]([O-])c1ccc(C=Nn2c(SCCN3CCOCC3)nc3ccccc32)o1. The lowest BCUT2D eigenvalue weighted by molar-refractivity contribution is -0.402. The molecule has 0 aliphatic carbocycles. The van der Waals surface area contributed by atoms with Gasteiger partial charge in [-0.2, -0.15) is 5.10 Å². The van der Waals surface area contributed by atoms with Crippen LogP contribution < -0.4 is 0 Å². The quantitative estimate of drug-likeness (QED) is 0.260. The highest BCUT2D eigenvalue weighted by Crippen LogP contribution is 2.24. The van der Waals surface area contributed by atoms with E-state index in [1.165, 1.54) is 18.3 Å². The molecule has 0 unspecified atom stereocenters. The van der Waals surface area contributed by atoms with Crippen LogP contribution in [0.25, 0.3) is 11.0 Å². The summed E-state index contributed by atoms with van der Waals surface area (Å²) in [5, 5.41) is 16.0. The maximum absolute atomic E-state index is 10.8. The van der Waals surface area contributed by atoms with Gasteiger partial charge >= 0.3 is 5.88 Å². The molecule has 1 aliphatic rings. The van der Waals surface area contributed by atoms with E-state index in [9.17, 15) is 10.1 Å². The molecule has 3 heterocycles. The molecule has 0 atom stereocenters. The van der Waals surface area contributed by atoms with Gasteiger partial charge in [0.25, 0.3) is 0 Å². The standard InChI is InChI=1S/C18H19N5O4S/c24-23(25)17-6-5-14(27-17)13-19-22-16-4-2-1-3-15(16)20-18(22)28-12-9-21-7-10-26-11-8-21/h1-6,13H,7-12H2. The molecule has 0 bridgehead atoms. The number of rotatable bonds is 7. The van der Waals surface area contributed by atoms with E-state index in [4.69, 9.17) is 9.15 Å². The summed E-state index contributed by atoms with van der Waals surface area (Å²) in [6.07, 6.45) is 1.47. The number of aromatic nitrogens is 2. The summed E-state index contributed by atoms with van der Waals surface area (Å²) in [6, 6.07) is 10.6. The Kier molecular flexibility index (Phi) is 5.70. The van der Waals surface area contributed by atoms with Crippen LogP contribution >= 0.6 is 11.8 Å². The van der Waals surface area contributed by atoms with Gasteiger partial charge < -0.3 is 9.15 Å². The fourth-order valence-electron chi connectivity index (χ4n) is 2.91. The second-order valence-electron chi connectivity index (χ2n) is 6.18. The smallest absolute Gasteiger partial charge is 0.400 e. The molecule has 1 saturated heterocycles. The number of benzene rings is 1. The van der Waals surface area contributed by atoms with Crippen LogP contribution in [0.5, 0.6) is 0 Å². The number of ether oxygens (including phenoxy) is 1. The highest BCUT2D eigenvalue weighted by Gasteiger charge is 2.14. The van der Waals surface area contributed by atoms with Gasteiger partial charge in [-0.05, 0) is 18.2 Å². The molecule has 3 aromatic rings. The number of hydrogen-bond acceptors (Lipinski definition) is 8. The van der Waals surface area contributed by atoms with Crippen molar-refractivity contribution in [3.63, 3.8) is 0 Å². The third kappa shape index (κ3) is 4.24. The molecule has 4 rings (SSSR count). The van der Waals surface area contributed by atoms with Crippen molar-refractivity contribution < 1.29 is 14.1 Å². The molecule has 28 heavy (non-hydrogen) atoms. The minimum absolute atomic E-state index is 0.308. The van der Waals surface area contributed by atoms with Crippen LogP contribution in [0.2, 0.25) is 0 Å². The second kappa shape index (κ2) is 8.55. The molecule has 9 nitrogen and oxygen atoms in total. The molecule has 1 aromatic carbocycles. The maximum atomic E-state index is 10.8. The van der Waals surface area contributed by atoms with Gasteiger partial charge in [0.1, 0.15) is 4.92 Å². The van der Waals surface area contributed by atoms with Crippen LogP contribution in [0.4, 0.5) is 5.88 Å². The Bertz CT molecular complexity index is 993. The molecule has 1 fully saturated rings. The Morgan fingerprint density at radius 2 is 2.07 bits per heavy atom. The van der Waals surface area contributed by atoms with Gasteiger partial charge in [0, 0.05) is 25.4 Å². The van der Waals surface area contributed by atoms with E-state index in [1.54, 1.807) is 16.4 Å². The summed E-state index contributed by atoms with van der Waals surface area (Å²) in [4.78, 5) is 17.2. The molecular formula is C18H19N5O4S. The molecule has 2 aromatic heterocycles. The van der Waals surface area contributed by atoms with Gasteiger partial charge in [-0.1, -0.05) is 23.9 Å². The first-order valence-electron chi connectivity index (χ1n) is 8.90. The van der Waals surface area contributed by atoms with Gasteiger partial charge in [-0.15, -0.1) is 0 Å². The van der Waals surface area contributed by atoms with E-state index < -0.39 is 4.92 Å². The van der Waals surface area contributed by atoms with Crippen molar-refractivity contribution in [3.8, 4) is 0 Å². The Morgan fingerprint density at radius 1 is 1.25 bits per heavy atom. The van der Waals surface area contributed by atoms with Crippen LogP contribution in [0.3, 0.4) is 0 Å². The third-order valence-corrected chi connectivity index (χ3v) is 5.25. The topological polar surface area (TPSA) is 98.9 Å². The highest BCUT2D eigenvalue weighted by molar-refractivity contribution is 7.99. The average molecular weight is 401 g/mol. The molecule has 1 aliphatic heterocycles. The summed E-state index contributed by atoms with van der Waals surface area (Å²) in [7, 11) is 0. The van der Waals surface area contributed by atoms with E-state index in [2.05, 4.69) is 15.0 Å². The van der Waals surface area contributed by atoms with E-state index >= 15 is 0 Å². The lowest BCUT2D eigenvalue weighted by Gasteiger charge is -2.26. The number of hydrogen-bond donors (Lipinski definition) is 0. The van der Waals surface area contributed by atoms with E-state index in [1.807, 2.05) is 24.3 Å². The first-order valence-corrected chi connectivity index (χ1v) is 9.88. The average Bonchev–Trinajstić information content (AvgIpc) is 3.32. The number of thioether (sulfide) groups is 1. The normalized spacial score (nSPS) is 15.6. The summed E-state index contributed by atoms with van der Waals surface area (Å²) in [6.45, 7) is 4.41. The number of nitro groups is 1. The molecule has 146 valence electrons. The summed E-state index contributed by atoms with van der Waals surface area (Å²) < 4.78 is 12.3. The first kappa shape index (κ1) is 18.7. The first-order chi connectivity index (χ1) is 13.7. The molecule has 0 spiro atoms. The van der Waals surface area contributed by atoms with Crippen molar-refractivity contribution >= 4 is 34.9 Å². The van der Waals surface area contributed by atoms with Gasteiger partial charge in [0.2, 0.25) is 0 Å². The number of morpholine rings is 1. The minimum Gasteiger partial charge on any atom is -0.400 e. The molecule has 0 amide bonds. The Balaban J connectivity index is 1.52. The van der Waals surface area contributed by atoms with Crippen LogP contribution in [0.1, 0.15) is 5.76 Å². The number of fused-ring (bicyclic) bond motifs is 1. The Labute approximate surface area is 165 Å². The number of nitrogens with zero attached hydrogens (tertiary/aromatic N) is 5. The highest BCUT2D eigenvalue weighted by atomic mass is 32.2. The Morgan fingerprint density at radius 3 is 2.86 bits per heavy atom. The zero-order chi connectivity index (χ0) is 19.3. The monoisotopic (exact) mass is 401 g/mol. The lowest BCUT2D eigenvalue weighted by Crippen LogP contribution is -2.37. The van der Waals surface area contributed by atoms with Crippen molar-refractivity contribution in [1.82, 2.24) is 14.6 Å². The zero-order valence-corrected chi connectivity index (χ0v) is 15.9. The summed E-state index contributed by atoms with van der Waals surface area (Å²) in [5.74, 6) is 0.885. The number of para-hydroxylation sites is 2. The van der Waals surface area contributed by atoms with Gasteiger partial charge in [0.05, 0.1) is 36.5 Å². The van der Waals surface area contributed by atoms with Crippen molar-refractivity contribution in [2.75, 3.05) is 38.6 Å². The fourth-order valence-corrected chi connectivity index (χ4v) is 3.87. The molecule has 0 N–H and O–H groups in total. The van der Waals surface area contributed by atoms with Crippen LogP contribution in [0, 0.1) is 10.1 Å². The zero-order valence-electron chi connectivity index (χ0n) is 15.1. The predicted octanol–water partition coefficient (Wildman–Crippen LogP) is 2.84. The van der Waals surface area contributed by atoms with Gasteiger partial charge in [-0.3, -0.25) is 15.0 Å². The van der Waals surface area contributed by atoms with E-state index in [-0.39, 0.29) is 5.88 Å². The maximum Gasteiger partial charge on any atom is 0.433 e. The fraction of sp³-hybridized carbons (Fsp3) is 0.333. The third-order valence-electron chi connectivity index (χ3n) is 4.34. The molecule has 10 heteroatoms. The summed E-state index contributed by atoms with van der Waals surface area (Å²) in [5.41, 5.74) is 1.72. The van der Waals surface area contributed by atoms with Crippen LogP contribution in [-0.2, 0) is 4.74 Å². The van der Waals surface area contributed by atoms with Crippen LogP contribution in [-0.4, -0.2) is 64.3 Å². The Hall–Kier alpha value is -2.69. The van der Waals surface area contributed by atoms with E-state index in [0.29, 0.717) is 5.76 Å². The minimum atomic E-state index is -0.573. The van der Waals surface area contributed by atoms with Gasteiger partial charge in [-0.25, -0.2) is 9.66 Å². The van der Waals surface area contributed by atoms with Crippen molar-refractivity contribution in [3.05, 3.63) is 52.3 Å². The van der Waals surface area contributed by atoms with Crippen molar-refractivity contribution in [2.45, 2.75) is 5.16 Å². The van der Waals surface area contributed by atoms with Crippen molar-refractivity contribution in [1.29, 1.82) is 0 Å². The molecular weight excluding hydrogens is 382 g/mol. The number of furan rings is 1. The van der Waals surface area contributed by atoms with Gasteiger partial charge in [0.15, 0.2) is 10.9 Å². The second-order valence-corrected chi connectivity index (χ2v) is 7.24. The molecule has 0 radical (unpaired) electrons. The van der Waals surface area contributed by atoms with Crippen LogP contribution in [0.15, 0.2) is 51.1 Å². The largest absolute Gasteiger partial charge is 0.433 e. The van der Waals surface area contributed by atoms with Crippen molar-refractivity contribution in [2.24, 2.45) is 5.10 Å². The number of imidazole rings is 1. The van der Waals surface area contributed by atoms with E-state index in [0.717, 1.165) is 54.8 Å². The predicted molar refractivity (Wildman–Crippen MR) is 106 cm³/mol. The molecule has 0 saturated carbocycles. The lowest BCUT2D eigenvalue weighted by atomic mass is 10.3.